The van der Waals surface area contributed by atoms with Crippen LogP contribution in [-0.4, -0.2) is 17.5 Å². The molecule has 0 heterocycles. The molecule has 0 saturated heterocycles. The summed E-state index contributed by atoms with van der Waals surface area (Å²) < 4.78 is 0. The fourth-order valence-electron chi connectivity index (χ4n) is 1.15. The van der Waals surface area contributed by atoms with Crippen molar-refractivity contribution >= 4 is 5.78 Å². The van der Waals surface area contributed by atoms with Crippen molar-refractivity contribution in [1.29, 1.82) is 0 Å². The summed E-state index contributed by atoms with van der Waals surface area (Å²) >= 11 is 0. The standard InChI is InChI=1S/C10H20O2/c1-7(2)8(6-11)9(12)10(3,4)5/h7-8,11H,6H2,1-5H3. The van der Waals surface area contributed by atoms with Crippen molar-refractivity contribution in [1.82, 2.24) is 0 Å². The van der Waals surface area contributed by atoms with Crippen LogP contribution in [0, 0.1) is 17.3 Å². The number of hydrogen-bond acceptors (Lipinski definition) is 2. The van der Waals surface area contributed by atoms with Crippen LogP contribution < -0.4 is 0 Å². The number of hydrogen-bond donors (Lipinski definition) is 1. The summed E-state index contributed by atoms with van der Waals surface area (Å²) in [5.41, 5.74) is -0.336. The van der Waals surface area contributed by atoms with E-state index in [2.05, 4.69) is 0 Å². The van der Waals surface area contributed by atoms with Gasteiger partial charge in [-0.2, -0.15) is 0 Å². The number of ketones is 1. The van der Waals surface area contributed by atoms with Gasteiger partial charge in [-0.25, -0.2) is 0 Å². The first-order valence-corrected chi connectivity index (χ1v) is 4.46. The Kier molecular flexibility index (Phi) is 3.91. The third-order valence-electron chi connectivity index (χ3n) is 2.08. The molecule has 0 aliphatic rings. The number of aliphatic hydroxyl groups excluding tert-OH is 1. The van der Waals surface area contributed by atoms with Crippen molar-refractivity contribution < 1.29 is 9.90 Å². The van der Waals surface area contributed by atoms with Gasteiger partial charge in [-0.15, -0.1) is 0 Å². The molecule has 1 atom stereocenters. The summed E-state index contributed by atoms with van der Waals surface area (Å²) in [4.78, 5) is 11.7. The SMILES string of the molecule is CC(C)C(CO)C(=O)C(C)(C)C. The lowest BCUT2D eigenvalue weighted by molar-refractivity contribution is -0.133. The second-order valence-corrected chi connectivity index (χ2v) is 4.65. The van der Waals surface area contributed by atoms with E-state index in [1.165, 1.54) is 0 Å². The second kappa shape index (κ2) is 4.04. The number of aliphatic hydroxyl groups is 1. The molecule has 2 heteroatoms. The Hall–Kier alpha value is -0.370. The molecule has 0 rings (SSSR count). The normalized spacial score (nSPS) is 14.9. The first kappa shape index (κ1) is 11.6. The fraction of sp³-hybridized carbons (Fsp3) is 0.900. The van der Waals surface area contributed by atoms with Crippen LogP contribution in [0.3, 0.4) is 0 Å². The van der Waals surface area contributed by atoms with Gasteiger partial charge >= 0.3 is 0 Å². The van der Waals surface area contributed by atoms with Crippen LogP contribution in [-0.2, 0) is 4.79 Å². The van der Waals surface area contributed by atoms with Crippen molar-refractivity contribution in [2.75, 3.05) is 6.61 Å². The summed E-state index contributed by atoms with van der Waals surface area (Å²) in [6.45, 7) is 9.56. The maximum atomic E-state index is 11.7. The summed E-state index contributed by atoms with van der Waals surface area (Å²) in [5, 5.41) is 9.01. The summed E-state index contributed by atoms with van der Waals surface area (Å²) in [6, 6.07) is 0. The Labute approximate surface area is 75.0 Å². The number of carbonyl (C=O) groups excluding carboxylic acids is 1. The lowest BCUT2D eigenvalue weighted by Gasteiger charge is -2.25. The number of carbonyl (C=O) groups is 1. The van der Waals surface area contributed by atoms with Crippen LogP contribution in [0.15, 0.2) is 0 Å². The molecule has 0 aliphatic carbocycles. The minimum atomic E-state index is -0.336. The van der Waals surface area contributed by atoms with Crippen LogP contribution in [0.2, 0.25) is 0 Å². The third kappa shape index (κ3) is 2.94. The van der Waals surface area contributed by atoms with Gasteiger partial charge in [0.15, 0.2) is 0 Å². The summed E-state index contributed by atoms with van der Waals surface area (Å²) in [6.07, 6.45) is 0. The average Bonchev–Trinajstić information content (AvgIpc) is 1.86. The molecular formula is C10H20O2. The largest absolute Gasteiger partial charge is 0.396 e. The second-order valence-electron chi connectivity index (χ2n) is 4.65. The quantitative estimate of drug-likeness (QED) is 0.705. The van der Waals surface area contributed by atoms with Gasteiger partial charge in [0, 0.05) is 11.3 Å². The molecule has 0 bridgehead atoms. The zero-order chi connectivity index (χ0) is 9.94. The molecule has 1 unspecified atom stereocenters. The van der Waals surface area contributed by atoms with Crippen molar-refractivity contribution in [2.45, 2.75) is 34.6 Å². The van der Waals surface area contributed by atoms with Crippen molar-refractivity contribution in [2.24, 2.45) is 17.3 Å². The van der Waals surface area contributed by atoms with E-state index in [-0.39, 0.29) is 29.6 Å². The van der Waals surface area contributed by atoms with Gasteiger partial charge in [0.25, 0.3) is 0 Å². The molecule has 0 aliphatic heterocycles. The van der Waals surface area contributed by atoms with Crippen molar-refractivity contribution in [3.8, 4) is 0 Å². The van der Waals surface area contributed by atoms with Crippen molar-refractivity contribution in [3.05, 3.63) is 0 Å². The molecule has 0 spiro atoms. The van der Waals surface area contributed by atoms with E-state index in [1.807, 2.05) is 34.6 Å². The summed E-state index contributed by atoms with van der Waals surface area (Å²) in [5.74, 6) is 0.173. The Morgan fingerprint density at radius 2 is 1.75 bits per heavy atom. The minimum Gasteiger partial charge on any atom is -0.396 e. The molecular weight excluding hydrogens is 152 g/mol. The molecule has 0 aromatic rings. The van der Waals surface area contributed by atoms with Gasteiger partial charge in [0.2, 0.25) is 0 Å². The average molecular weight is 172 g/mol. The Morgan fingerprint density at radius 3 is 1.83 bits per heavy atom. The van der Waals surface area contributed by atoms with Gasteiger partial charge < -0.3 is 5.11 Å². The smallest absolute Gasteiger partial charge is 0.143 e. The highest BCUT2D eigenvalue weighted by molar-refractivity contribution is 5.86. The Bertz CT molecular complexity index is 154. The molecule has 72 valence electrons. The molecule has 0 saturated carbocycles. The van der Waals surface area contributed by atoms with E-state index >= 15 is 0 Å². The predicted molar refractivity (Wildman–Crippen MR) is 49.9 cm³/mol. The zero-order valence-electron chi connectivity index (χ0n) is 8.72. The monoisotopic (exact) mass is 172 g/mol. The van der Waals surface area contributed by atoms with E-state index < -0.39 is 0 Å². The highest BCUT2D eigenvalue weighted by atomic mass is 16.3. The molecule has 12 heavy (non-hydrogen) atoms. The zero-order valence-corrected chi connectivity index (χ0v) is 8.72. The molecule has 0 amide bonds. The predicted octanol–water partition coefficient (Wildman–Crippen LogP) is 1.87. The highest BCUT2D eigenvalue weighted by Crippen LogP contribution is 2.24. The minimum absolute atomic E-state index is 0.0340. The molecule has 1 N–H and O–H groups in total. The van der Waals surface area contributed by atoms with Gasteiger partial charge in [0.05, 0.1) is 6.61 Å². The fourth-order valence-corrected chi connectivity index (χ4v) is 1.15. The van der Waals surface area contributed by atoms with E-state index in [1.54, 1.807) is 0 Å². The number of rotatable bonds is 3. The maximum Gasteiger partial charge on any atom is 0.143 e. The lowest BCUT2D eigenvalue weighted by Crippen LogP contribution is -2.33. The first-order chi connectivity index (χ1) is 5.30. The van der Waals surface area contributed by atoms with E-state index in [0.717, 1.165) is 0 Å². The van der Waals surface area contributed by atoms with Gasteiger partial charge in [-0.3, -0.25) is 4.79 Å². The van der Waals surface area contributed by atoms with Gasteiger partial charge in [-0.1, -0.05) is 34.6 Å². The Balaban J connectivity index is 4.44. The van der Waals surface area contributed by atoms with Crippen LogP contribution in [0.4, 0.5) is 0 Å². The Morgan fingerprint density at radius 1 is 1.33 bits per heavy atom. The maximum absolute atomic E-state index is 11.7. The lowest BCUT2D eigenvalue weighted by atomic mass is 9.79. The van der Waals surface area contributed by atoms with Gasteiger partial charge in [-0.05, 0) is 5.92 Å². The van der Waals surface area contributed by atoms with Crippen molar-refractivity contribution in [3.63, 3.8) is 0 Å². The summed E-state index contributed by atoms with van der Waals surface area (Å²) in [7, 11) is 0. The number of Topliss-reactive ketones (excluding diaryl/α,β-unsaturated/α-hetero) is 1. The topological polar surface area (TPSA) is 37.3 Å². The highest BCUT2D eigenvalue weighted by Gasteiger charge is 2.30. The molecule has 0 aromatic heterocycles. The van der Waals surface area contributed by atoms with Crippen LogP contribution in [0.1, 0.15) is 34.6 Å². The van der Waals surface area contributed by atoms with Crippen LogP contribution in [0.5, 0.6) is 0 Å². The van der Waals surface area contributed by atoms with E-state index in [4.69, 9.17) is 5.11 Å². The van der Waals surface area contributed by atoms with E-state index in [0.29, 0.717) is 0 Å². The van der Waals surface area contributed by atoms with Gasteiger partial charge in [0.1, 0.15) is 5.78 Å². The molecule has 0 fully saturated rings. The first-order valence-electron chi connectivity index (χ1n) is 4.46. The van der Waals surface area contributed by atoms with Crippen LogP contribution in [0.25, 0.3) is 0 Å². The molecule has 0 radical (unpaired) electrons. The van der Waals surface area contributed by atoms with Crippen LogP contribution >= 0.6 is 0 Å². The van der Waals surface area contributed by atoms with E-state index in [9.17, 15) is 4.79 Å². The molecule has 2 nitrogen and oxygen atoms in total. The third-order valence-corrected chi connectivity index (χ3v) is 2.08. The molecule has 0 aromatic carbocycles.